The molecule has 3 aromatic carbocycles. The van der Waals surface area contributed by atoms with Gasteiger partial charge in [-0.15, -0.1) is 0 Å². The summed E-state index contributed by atoms with van der Waals surface area (Å²) < 4.78 is 0. The number of hydrogen-bond donors (Lipinski definition) is 1. The van der Waals surface area contributed by atoms with Gasteiger partial charge < -0.3 is 5.32 Å². The SMILES string of the molecule is CCc1cccc(Nc2nc(-c3ccccc3)nc3ccccc23)c1. The van der Waals surface area contributed by atoms with Crippen LogP contribution in [0.1, 0.15) is 12.5 Å². The first-order valence-electron chi connectivity index (χ1n) is 8.51. The maximum atomic E-state index is 4.80. The van der Waals surface area contributed by atoms with E-state index in [1.165, 1.54) is 5.56 Å². The van der Waals surface area contributed by atoms with Crippen LogP contribution >= 0.6 is 0 Å². The summed E-state index contributed by atoms with van der Waals surface area (Å²) in [6.45, 7) is 2.16. The van der Waals surface area contributed by atoms with Gasteiger partial charge in [0.25, 0.3) is 0 Å². The molecule has 122 valence electrons. The van der Waals surface area contributed by atoms with Gasteiger partial charge in [-0.25, -0.2) is 9.97 Å². The highest BCUT2D eigenvalue weighted by atomic mass is 15.0. The standard InChI is InChI=1S/C22H19N3/c1-2-16-9-8-12-18(15-16)23-22-19-13-6-7-14-20(19)24-21(25-22)17-10-4-3-5-11-17/h3-15H,2H2,1H3,(H,23,24,25). The number of aryl methyl sites for hydroxylation is 1. The van der Waals surface area contributed by atoms with E-state index in [0.717, 1.165) is 40.2 Å². The van der Waals surface area contributed by atoms with Crippen LogP contribution in [0.2, 0.25) is 0 Å². The Morgan fingerprint density at radius 2 is 1.60 bits per heavy atom. The van der Waals surface area contributed by atoms with Gasteiger partial charge in [0.15, 0.2) is 5.82 Å². The molecule has 3 nitrogen and oxygen atoms in total. The molecule has 0 aliphatic carbocycles. The fourth-order valence-electron chi connectivity index (χ4n) is 2.89. The van der Waals surface area contributed by atoms with Crippen LogP contribution in [0.25, 0.3) is 22.3 Å². The Morgan fingerprint density at radius 3 is 2.44 bits per heavy atom. The lowest BCUT2D eigenvalue weighted by Gasteiger charge is -2.12. The molecule has 0 unspecified atom stereocenters. The van der Waals surface area contributed by atoms with Gasteiger partial charge in [-0.3, -0.25) is 0 Å². The molecule has 4 rings (SSSR count). The minimum Gasteiger partial charge on any atom is -0.340 e. The van der Waals surface area contributed by atoms with Crippen molar-refractivity contribution in [2.45, 2.75) is 13.3 Å². The quantitative estimate of drug-likeness (QED) is 0.530. The Kier molecular flexibility index (Phi) is 4.13. The Morgan fingerprint density at radius 1 is 0.800 bits per heavy atom. The van der Waals surface area contributed by atoms with Gasteiger partial charge in [0.05, 0.1) is 5.52 Å². The lowest BCUT2D eigenvalue weighted by molar-refractivity contribution is 1.14. The summed E-state index contributed by atoms with van der Waals surface area (Å²) in [6, 6.07) is 26.6. The maximum Gasteiger partial charge on any atom is 0.162 e. The molecule has 1 aromatic heterocycles. The molecule has 4 aromatic rings. The number of fused-ring (bicyclic) bond motifs is 1. The number of hydrogen-bond acceptors (Lipinski definition) is 3. The van der Waals surface area contributed by atoms with E-state index in [2.05, 4.69) is 42.6 Å². The Labute approximate surface area is 147 Å². The van der Waals surface area contributed by atoms with Crippen molar-refractivity contribution in [2.75, 3.05) is 5.32 Å². The van der Waals surface area contributed by atoms with Gasteiger partial charge in [-0.1, -0.05) is 61.5 Å². The summed E-state index contributed by atoms with van der Waals surface area (Å²) in [6.07, 6.45) is 1.01. The lowest BCUT2D eigenvalue weighted by atomic mass is 10.1. The Bertz CT molecular complexity index is 1010. The van der Waals surface area contributed by atoms with E-state index in [4.69, 9.17) is 9.97 Å². The van der Waals surface area contributed by atoms with Gasteiger partial charge in [0.1, 0.15) is 5.82 Å². The van der Waals surface area contributed by atoms with E-state index >= 15 is 0 Å². The molecular formula is C22H19N3. The molecule has 0 aliphatic heterocycles. The fraction of sp³-hybridized carbons (Fsp3) is 0.0909. The summed E-state index contributed by atoms with van der Waals surface area (Å²) in [7, 11) is 0. The summed E-state index contributed by atoms with van der Waals surface area (Å²) in [5.41, 5.74) is 4.29. The summed E-state index contributed by atoms with van der Waals surface area (Å²) in [4.78, 5) is 9.53. The molecule has 3 heteroatoms. The van der Waals surface area contributed by atoms with Gasteiger partial charge >= 0.3 is 0 Å². The number of aromatic nitrogens is 2. The van der Waals surface area contributed by atoms with Gasteiger partial charge in [-0.05, 0) is 36.2 Å². The zero-order valence-corrected chi connectivity index (χ0v) is 14.1. The van der Waals surface area contributed by atoms with Crippen molar-refractivity contribution in [3.63, 3.8) is 0 Å². The van der Waals surface area contributed by atoms with E-state index in [1.54, 1.807) is 0 Å². The van der Waals surface area contributed by atoms with E-state index in [-0.39, 0.29) is 0 Å². The third-order valence-electron chi connectivity index (χ3n) is 4.23. The molecule has 0 fully saturated rings. The summed E-state index contributed by atoms with van der Waals surface area (Å²) >= 11 is 0. The van der Waals surface area contributed by atoms with Gasteiger partial charge in [-0.2, -0.15) is 0 Å². The van der Waals surface area contributed by atoms with E-state index in [9.17, 15) is 0 Å². The minimum atomic E-state index is 0.730. The number of anilines is 2. The third kappa shape index (κ3) is 3.22. The van der Waals surface area contributed by atoms with E-state index in [1.807, 2.05) is 48.5 Å². The van der Waals surface area contributed by atoms with Crippen LogP contribution in [0, 0.1) is 0 Å². The van der Waals surface area contributed by atoms with Gasteiger partial charge in [0, 0.05) is 16.6 Å². The van der Waals surface area contributed by atoms with Crippen molar-refractivity contribution in [1.29, 1.82) is 0 Å². The van der Waals surface area contributed by atoms with Crippen LogP contribution in [0.5, 0.6) is 0 Å². The topological polar surface area (TPSA) is 37.8 Å². The first-order valence-corrected chi connectivity index (χ1v) is 8.51. The first kappa shape index (κ1) is 15.3. The van der Waals surface area contributed by atoms with Crippen LogP contribution in [-0.2, 0) is 6.42 Å². The van der Waals surface area contributed by atoms with E-state index in [0.29, 0.717) is 0 Å². The van der Waals surface area contributed by atoms with Crippen LogP contribution in [-0.4, -0.2) is 9.97 Å². The molecule has 1 N–H and O–H groups in total. The zero-order valence-electron chi connectivity index (χ0n) is 14.1. The molecule has 0 spiro atoms. The molecule has 0 saturated carbocycles. The molecule has 0 amide bonds. The third-order valence-corrected chi connectivity index (χ3v) is 4.23. The Balaban J connectivity index is 1.83. The number of nitrogens with one attached hydrogen (secondary N) is 1. The largest absolute Gasteiger partial charge is 0.340 e. The highest BCUT2D eigenvalue weighted by molar-refractivity contribution is 5.92. The fourth-order valence-corrected chi connectivity index (χ4v) is 2.89. The number of para-hydroxylation sites is 1. The summed E-state index contributed by atoms with van der Waals surface area (Å²) in [5, 5.41) is 4.50. The highest BCUT2D eigenvalue weighted by Crippen LogP contribution is 2.27. The predicted molar refractivity (Wildman–Crippen MR) is 104 cm³/mol. The molecule has 0 bridgehead atoms. The molecule has 1 heterocycles. The van der Waals surface area contributed by atoms with Crippen LogP contribution in [0.3, 0.4) is 0 Å². The molecule has 0 saturated heterocycles. The van der Waals surface area contributed by atoms with Crippen molar-refractivity contribution >= 4 is 22.4 Å². The van der Waals surface area contributed by atoms with Crippen molar-refractivity contribution in [2.24, 2.45) is 0 Å². The van der Waals surface area contributed by atoms with Crippen molar-refractivity contribution in [3.05, 3.63) is 84.4 Å². The van der Waals surface area contributed by atoms with E-state index < -0.39 is 0 Å². The monoisotopic (exact) mass is 325 g/mol. The average molecular weight is 325 g/mol. The predicted octanol–water partition coefficient (Wildman–Crippen LogP) is 5.60. The Hall–Kier alpha value is -3.20. The molecule has 0 radical (unpaired) electrons. The number of nitrogens with zero attached hydrogens (tertiary/aromatic N) is 2. The lowest BCUT2D eigenvalue weighted by Crippen LogP contribution is -1.99. The molecule has 25 heavy (non-hydrogen) atoms. The maximum absolute atomic E-state index is 4.80. The average Bonchev–Trinajstić information content (AvgIpc) is 2.69. The number of rotatable bonds is 4. The second-order valence-electron chi connectivity index (χ2n) is 5.96. The molecular weight excluding hydrogens is 306 g/mol. The molecule has 0 aliphatic rings. The normalized spacial score (nSPS) is 10.8. The summed E-state index contributed by atoms with van der Waals surface area (Å²) in [5.74, 6) is 1.56. The second kappa shape index (κ2) is 6.73. The minimum absolute atomic E-state index is 0.730. The molecule has 0 atom stereocenters. The zero-order chi connectivity index (χ0) is 17.1. The van der Waals surface area contributed by atoms with Crippen LogP contribution < -0.4 is 5.32 Å². The van der Waals surface area contributed by atoms with Crippen molar-refractivity contribution < 1.29 is 0 Å². The van der Waals surface area contributed by atoms with Crippen LogP contribution in [0.4, 0.5) is 11.5 Å². The smallest absolute Gasteiger partial charge is 0.162 e. The highest BCUT2D eigenvalue weighted by Gasteiger charge is 2.09. The van der Waals surface area contributed by atoms with Crippen molar-refractivity contribution in [3.8, 4) is 11.4 Å². The second-order valence-corrected chi connectivity index (χ2v) is 5.96. The van der Waals surface area contributed by atoms with Gasteiger partial charge in [0.2, 0.25) is 0 Å². The first-order chi connectivity index (χ1) is 12.3. The number of benzene rings is 3. The van der Waals surface area contributed by atoms with Crippen molar-refractivity contribution in [1.82, 2.24) is 9.97 Å². The van der Waals surface area contributed by atoms with Crippen LogP contribution in [0.15, 0.2) is 78.9 Å².